The fraction of sp³-hybridized carbons (Fsp3) is 0.438. The number of hydrogen-bond acceptors (Lipinski definition) is 4. The molecule has 2 aliphatic rings. The number of likely N-dealkylation sites (tertiary alicyclic amines) is 1. The minimum absolute atomic E-state index is 0.00281. The van der Waals surface area contributed by atoms with E-state index in [9.17, 15) is 4.79 Å². The van der Waals surface area contributed by atoms with Crippen LogP contribution < -0.4 is 4.74 Å². The Morgan fingerprint density at radius 3 is 3.23 bits per heavy atom. The Bertz CT molecular complexity index is 683. The Morgan fingerprint density at radius 1 is 1.41 bits per heavy atom. The van der Waals surface area contributed by atoms with Gasteiger partial charge in [-0.1, -0.05) is 0 Å². The maximum absolute atomic E-state index is 12.6. The molecule has 114 valence electrons. The van der Waals surface area contributed by atoms with E-state index in [1.54, 1.807) is 12.4 Å². The number of aryl methyl sites for hydroxylation is 1. The first kappa shape index (κ1) is 13.3. The highest BCUT2D eigenvalue weighted by Gasteiger charge is 2.29. The molecule has 1 amide bonds. The molecule has 0 saturated carbocycles. The fourth-order valence-electron chi connectivity index (χ4n) is 3.17. The summed E-state index contributed by atoms with van der Waals surface area (Å²) >= 11 is 0. The van der Waals surface area contributed by atoms with Crippen LogP contribution in [0.1, 0.15) is 34.9 Å². The van der Waals surface area contributed by atoms with E-state index in [1.165, 1.54) is 0 Å². The molecule has 0 radical (unpaired) electrons. The molecule has 1 saturated heterocycles. The molecule has 1 unspecified atom stereocenters. The van der Waals surface area contributed by atoms with Crippen molar-refractivity contribution in [2.45, 2.75) is 25.3 Å². The van der Waals surface area contributed by atoms with Crippen LogP contribution in [0.15, 0.2) is 30.7 Å². The third kappa shape index (κ3) is 2.34. The lowest BCUT2D eigenvalue weighted by Crippen LogP contribution is -2.30. The quantitative estimate of drug-likeness (QED) is 0.846. The molecule has 6 nitrogen and oxygen atoms in total. The number of pyridine rings is 1. The van der Waals surface area contributed by atoms with Crippen LogP contribution in [0, 0.1) is 0 Å². The minimum atomic E-state index is 0.00281. The average Bonchev–Trinajstić information content (AvgIpc) is 3.24. The zero-order valence-corrected chi connectivity index (χ0v) is 12.3. The molecule has 0 aromatic carbocycles. The maximum atomic E-state index is 12.6. The molecule has 0 N–H and O–H groups in total. The van der Waals surface area contributed by atoms with Crippen molar-refractivity contribution in [2.24, 2.45) is 0 Å². The van der Waals surface area contributed by atoms with Crippen LogP contribution in [0.3, 0.4) is 0 Å². The molecule has 2 aromatic heterocycles. The summed E-state index contributed by atoms with van der Waals surface area (Å²) in [6.45, 7) is 2.17. The number of ether oxygens (including phenoxy) is 1. The number of carbonyl (C=O) groups excluding carboxylic acids is 1. The van der Waals surface area contributed by atoms with Crippen molar-refractivity contribution in [3.05, 3.63) is 42.0 Å². The largest absolute Gasteiger partial charge is 0.492 e. The maximum Gasteiger partial charge on any atom is 0.272 e. The van der Waals surface area contributed by atoms with Gasteiger partial charge in [-0.2, -0.15) is 5.10 Å². The van der Waals surface area contributed by atoms with Crippen molar-refractivity contribution >= 4 is 5.91 Å². The van der Waals surface area contributed by atoms with Crippen LogP contribution in [0.25, 0.3) is 0 Å². The van der Waals surface area contributed by atoms with E-state index < -0.39 is 0 Å². The smallest absolute Gasteiger partial charge is 0.272 e. The first-order chi connectivity index (χ1) is 10.8. The summed E-state index contributed by atoms with van der Waals surface area (Å²) < 4.78 is 7.48. The van der Waals surface area contributed by atoms with Crippen LogP contribution in [-0.4, -0.2) is 45.3 Å². The van der Waals surface area contributed by atoms with Crippen LogP contribution in [0.4, 0.5) is 0 Å². The van der Waals surface area contributed by atoms with Gasteiger partial charge < -0.3 is 9.64 Å². The molecular weight excluding hydrogens is 280 g/mol. The van der Waals surface area contributed by atoms with Crippen LogP contribution in [-0.2, 0) is 6.42 Å². The lowest BCUT2D eigenvalue weighted by molar-refractivity contribution is 0.0781. The van der Waals surface area contributed by atoms with E-state index in [0.717, 1.165) is 43.7 Å². The zero-order chi connectivity index (χ0) is 14.9. The van der Waals surface area contributed by atoms with Gasteiger partial charge >= 0.3 is 0 Å². The van der Waals surface area contributed by atoms with Gasteiger partial charge in [-0.3, -0.25) is 9.48 Å². The Hall–Kier alpha value is -2.37. The summed E-state index contributed by atoms with van der Waals surface area (Å²) in [4.78, 5) is 18.8. The molecule has 22 heavy (non-hydrogen) atoms. The topological polar surface area (TPSA) is 60.2 Å². The molecule has 1 fully saturated rings. The zero-order valence-electron chi connectivity index (χ0n) is 12.3. The summed E-state index contributed by atoms with van der Waals surface area (Å²) in [5.74, 6) is 0.821. The number of carbonyl (C=O) groups is 1. The van der Waals surface area contributed by atoms with Crippen molar-refractivity contribution in [1.82, 2.24) is 19.7 Å². The predicted octanol–water partition coefficient (Wildman–Crippen LogP) is 1.69. The molecule has 2 aromatic rings. The molecular formula is C16H18N4O2. The second-order valence-electron chi connectivity index (χ2n) is 5.81. The Morgan fingerprint density at radius 2 is 2.36 bits per heavy atom. The van der Waals surface area contributed by atoms with E-state index in [0.29, 0.717) is 12.2 Å². The highest BCUT2D eigenvalue weighted by Crippen LogP contribution is 2.26. The van der Waals surface area contributed by atoms with E-state index in [2.05, 4.69) is 10.1 Å². The number of rotatable bonds is 2. The van der Waals surface area contributed by atoms with Gasteiger partial charge in [0.1, 0.15) is 11.4 Å². The van der Waals surface area contributed by atoms with E-state index >= 15 is 0 Å². The van der Waals surface area contributed by atoms with Gasteiger partial charge in [-0.25, -0.2) is 4.98 Å². The fourth-order valence-corrected chi connectivity index (χ4v) is 3.17. The third-order valence-electron chi connectivity index (χ3n) is 4.37. The van der Waals surface area contributed by atoms with Crippen LogP contribution in [0.5, 0.6) is 5.75 Å². The molecule has 4 heterocycles. The second kappa shape index (κ2) is 5.44. The second-order valence-corrected chi connectivity index (χ2v) is 5.81. The highest BCUT2D eigenvalue weighted by atomic mass is 16.5. The summed E-state index contributed by atoms with van der Waals surface area (Å²) in [7, 11) is 0. The number of hydrogen-bond donors (Lipinski definition) is 0. The van der Waals surface area contributed by atoms with Gasteiger partial charge in [0.25, 0.3) is 5.91 Å². The van der Waals surface area contributed by atoms with Crippen molar-refractivity contribution in [2.75, 3.05) is 19.7 Å². The standard InChI is InChI=1S/C16H18N4O2/c21-16(14-9-12-3-1-8-22-15(12)10-17-14)19-7-4-13(11-19)20-6-2-5-18-20/h2,5-6,9-10,13H,1,3-4,7-8,11H2. The average molecular weight is 298 g/mol. The first-order valence-corrected chi connectivity index (χ1v) is 7.71. The third-order valence-corrected chi connectivity index (χ3v) is 4.37. The summed E-state index contributed by atoms with van der Waals surface area (Å²) in [5.41, 5.74) is 1.61. The van der Waals surface area contributed by atoms with Gasteiger partial charge in [-0.05, 0) is 37.0 Å². The van der Waals surface area contributed by atoms with E-state index in [1.807, 2.05) is 27.9 Å². The van der Waals surface area contributed by atoms with Crippen molar-refractivity contribution in [3.63, 3.8) is 0 Å². The summed E-state index contributed by atoms with van der Waals surface area (Å²) in [5, 5.41) is 4.27. The Balaban J connectivity index is 1.50. The van der Waals surface area contributed by atoms with Gasteiger partial charge in [-0.15, -0.1) is 0 Å². The van der Waals surface area contributed by atoms with Gasteiger partial charge in [0.05, 0.1) is 18.8 Å². The first-order valence-electron chi connectivity index (χ1n) is 7.71. The molecule has 6 heteroatoms. The van der Waals surface area contributed by atoms with Crippen molar-refractivity contribution in [3.8, 4) is 5.75 Å². The molecule has 0 aliphatic carbocycles. The normalized spacial score (nSPS) is 20.5. The molecule has 0 spiro atoms. The summed E-state index contributed by atoms with van der Waals surface area (Å²) in [6.07, 6.45) is 8.29. The molecule has 4 rings (SSSR count). The van der Waals surface area contributed by atoms with Crippen LogP contribution in [0.2, 0.25) is 0 Å². The minimum Gasteiger partial charge on any atom is -0.492 e. The van der Waals surface area contributed by atoms with Crippen molar-refractivity contribution < 1.29 is 9.53 Å². The lowest BCUT2D eigenvalue weighted by Gasteiger charge is -2.19. The SMILES string of the molecule is O=C(c1cc2c(cn1)OCCC2)N1CCC(n2cccn2)C1. The molecule has 1 atom stereocenters. The van der Waals surface area contributed by atoms with E-state index in [-0.39, 0.29) is 11.9 Å². The number of nitrogens with zero attached hydrogens (tertiary/aromatic N) is 4. The number of fused-ring (bicyclic) bond motifs is 1. The van der Waals surface area contributed by atoms with Crippen molar-refractivity contribution in [1.29, 1.82) is 0 Å². The Kier molecular flexibility index (Phi) is 3.29. The van der Waals surface area contributed by atoms with Gasteiger partial charge in [0, 0.05) is 25.5 Å². The summed E-state index contributed by atoms with van der Waals surface area (Å²) in [6, 6.07) is 4.06. The number of amides is 1. The predicted molar refractivity (Wildman–Crippen MR) is 79.8 cm³/mol. The van der Waals surface area contributed by atoms with Crippen LogP contribution >= 0.6 is 0 Å². The van der Waals surface area contributed by atoms with Gasteiger partial charge in [0.2, 0.25) is 0 Å². The Labute approximate surface area is 128 Å². The monoisotopic (exact) mass is 298 g/mol. The molecule has 0 bridgehead atoms. The highest BCUT2D eigenvalue weighted by molar-refractivity contribution is 5.92. The lowest BCUT2D eigenvalue weighted by atomic mass is 10.1. The number of aromatic nitrogens is 3. The van der Waals surface area contributed by atoms with E-state index in [4.69, 9.17) is 4.74 Å². The van der Waals surface area contributed by atoms with Gasteiger partial charge in [0.15, 0.2) is 0 Å². The molecule has 2 aliphatic heterocycles.